The first-order valence-corrected chi connectivity index (χ1v) is 6.84. The zero-order valence-electron chi connectivity index (χ0n) is 11.0. The normalized spacial score (nSPS) is 17.8. The van der Waals surface area contributed by atoms with E-state index in [2.05, 4.69) is 5.32 Å². The summed E-state index contributed by atoms with van der Waals surface area (Å²) in [6.45, 7) is 0. The fourth-order valence-corrected chi connectivity index (χ4v) is 2.31. The molecule has 1 aliphatic heterocycles. The van der Waals surface area contributed by atoms with Gasteiger partial charge in [-0.1, -0.05) is 29.8 Å². The molecule has 0 radical (unpaired) electrons. The van der Waals surface area contributed by atoms with Crippen LogP contribution in [-0.2, 0) is 4.79 Å². The quantitative estimate of drug-likeness (QED) is 0.916. The number of aliphatic hydroxyl groups excluding tert-OH is 1. The Morgan fingerprint density at radius 1 is 1.05 bits per heavy atom. The molecule has 1 aliphatic rings. The Morgan fingerprint density at radius 2 is 1.71 bits per heavy atom. The van der Waals surface area contributed by atoms with Gasteiger partial charge >= 0.3 is 0 Å². The Morgan fingerprint density at radius 3 is 2.38 bits per heavy atom. The second-order valence-electron chi connectivity index (χ2n) is 4.64. The van der Waals surface area contributed by atoms with Gasteiger partial charge in [0.2, 0.25) is 0 Å². The summed E-state index contributed by atoms with van der Waals surface area (Å²) in [5.74, 6) is -0.284. The molecule has 2 aromatic rings. The van der Waals surface area contributed by atoms with Crippen molar-refractivity contribution in [1.29, 1.82) is 0 Å². The van der Waals surface area contributed by atoms with E-state index in [0.717, 1.165) is 5.69 Å². The van der Waals surface area contributed by atoms with Gasteiger partial charge in [0, 0.05) is 16.4 Å². The molecule has 0 spiro atoms. The van der Waals surface area contributed by atoms with Gasteiger partial charge in [-0.3, -0.25) is 9.69 Å². The van der Waals surface area contributed by atoms with E-state index >= 15 is 0 Å². The van der Waals surface area contributed by atoms with E-state index in [1.165, 1.54) is 11.0 Å². The number of para-hydroxylation sites is 1. The predicted molar refractivity (Wildman–Crippen MR) is 83.1 cm³/mol. The van der Waals surface area contributed by atoms with Crippen LogP contribution in [0.25, 0.3) is 0 Å². The lowest BCUT2D eigenvalue weighted by Crippen LogP contribution is -2.35. The highest BCUT2D eigenvalue weighted by Gasteiger charge is 2.32. The molecule has 1 heterocycles. The van der Waals surface area contributed by atoms with E-state index in [0.29, 0.717) is 16.4 Å². The molecule has 0 aliphatic carbocycles. The molecule has 4 nitrogen and oxygen atoms in total. The maximum Gasteiger partial charge on any atom is 0.276 e. The van der Waals surface area contributed by atoms with Crippen LogP contribution in [0.4, 0.5) is 11.4 Å². The lowest BCUT2D eigenvalue weighted by Gasteiger charge is -2.20. The van der Waals surface area contributed by atoms with E-state index in [9.17, 15) is 9.90 Å². The van der Waals surface area contributed by atoms with Gasteiger partial charge in [0.05, 0.1) is 0 Å². The zero-order valence-corrected chi connectivity index (χ0v) is 11.8. The van der Waals surface area contributed by atoms with Crippen molar-refractivity contribution in [3.05, 3.63) is 71.4 Å². The first-order valence-electron chi connectivity index (χ1n) is 6.46. The van der Waals surface area contributed by atoms with Gasteiger partial charge < -0.3 is 10.4 Å². The molecule has 106 valence electrons. The minimum absolute atomic E-state index is 0.284. The van der Waals surface area contributed by atoms with Crippen LogP contribution in [0.15, 0.2) is 66.4 Å². The molecule has 2 N–H and O–H groups in total. The second-order valence-corrected chi connectivity index (χ2v) is 5.07. The van der Waals surface area contributed by atoms with Gasteiger partial charge in [-0.05, 0) is 42.5 Å². The minimum atomic E-state index is -0.995. The first kappa shape index (κ1) is 13.7. The van der Waals surface area contributed by atoms with Gasteiger partial charge in [0.1, 0.15) is 5.70 Å². The van der Waals surface area contributed by atoms with Gasteiger partial charge in [-0.2, -0.15) is 0 Å². The van der Waals surface area contributed by atoms with Crippen LogP contribution in [0.2, 0.25) is 5.02 Å². The van der Waals surface area contributed by atoms with Crippen molar-refractivity contribution in [2.75, 3.05) is 10.2 Å². The number of benzene rings is 2. The monoisotopic (exact) mass is 300 g/mol. The summed E-state index contributed by atoms with van der Waals surface area (Å²) in [5.41, 5.74) is 1.74. The number of carbonyl (C=O) groups is 1. The fourth-order valence-electron chi connectivity index (χ4n) is 2.19. The van der Waals surface area contributed by atoms with Gasteiger partial charge in [0.25, 0.3) is 5.91 Å². The van der Waals surface area contributed by atoms with Crippen molar-refractivity contribution in [2.24, 2.45) is 0 Å². The Balaban J connectivity index is 1.82. The number of nitrogens with one attached hydrogen (secondary N) is 1. The SMILES string of the molecule is O=C1C(Nc2ccccc2)=CC(O)N1c1ccc(Cl)cc1. The Bertz CT molecular complexity index is 683. The number of rotatable bonds is 3. The van der Waals surface area contributed by atoms with Crippen LogP contribution in [0, 0.1) is 0 Å². The second kappa shape index (κ2) is 5.60. The number of amides is 1. The van der Waals surface area contributed by atoms with Gasteiger partial charge in [0.15, 0.2) is 6.23 Å². The van der Waals surface area contributed by atoms with Crippen LogP contribution in [-0.4, -0.2) is 17.2 Å². The van der Waals surface area contributed by atoms with Crippen molar-refractivity contribution in [3.63, 3.8) is 0 Å². The van der Waals surface area contributed by atoms with Crippen LogP contribution in [0.3, 0.4) is 0 Å². The average molecular weight is 301 g/mol. The van der Waals surface area contributed by atoms with Gasteiger partial charge in [-0.15, -0.1) is 0 Å². The zero-order chi connectivity index (χ0) is 14.8. The topological polar surface area (TPSA) is 52.6 Å². The third-order valence-corrected chi connectivity index (χ3v) is 3.44. The van der Waals surface area contributed by atoms with Crippen LogP contribution in [0.5, 0.6) is 0 Å². The Labute approximate surface area is 127 Å². The number of nitrogens with zero attached hydrogens (tertiary/aromatic N) is 1. The molecule has 21 heavy (non-hydrogen) atoms. The summed E-state index contributed by atoms with van der Waals surface area (Å²) < 4.78 is 0. The summed E-state index contributed by atoms with van der Waals surface area (Å²) in [5, 5.41) is 13.7. The van der Waals surface area contributed by atoms with Gasteiger partial charge in [-0.25, -0.2) is 0 Å². The summed E-state index contributed by atoms with van der Waals surface area (Å²) in [7, 11) is 0. The molecule has 0 bridgehead atoms. The highest BCUT2D eigenvalue weighted by Crippen LogP contribution is 2.27. The number of hydrogen-bond acceptors (Lipinski definition) is 3. The molecule has 2 aromatic carbocycles. The third-order valence-electron chi connectivity index (χ3n) is 3.19. The molecule has 3 rings (SSSR count). The number of carbonyl (C=O) groups excluding carboxylic acids is 1. The lowest BCUT2D eigenvalue weighted by molar-refractivity contribution is -0.115. The summed E-state index contributed by atoms with van der Waals surface area (Å²) in [4.78, 5) is 13.7. The van der Waals surface area contributed by atoms with Crippen molar-refractivity contribution in [2.45, 2.75) is 6.23 Å². The summed E-state index contributed by atoms with van der Waals surface area (Å²) in [6.07, 6.45) is 0.495. The molecule has 0 aromatic heterocycles. The lowest BCUT2D eigenvalue weighted by atomic mass is 10.3. The van der Waals surface area contributed by atoms with E-state index in [-0.39, 0.29) is 5.91 Å². The van der Waals surface area contributed by atoms with Crippen LogP contribution in [0.1, 0.15) is 0 Å². The number of hydrogen-bond donors (Lipinski definition) is 2. The van der Waals surface area contributed by atoms with E-state index in [4.69, 9.17) is 11.6 Å². The molecule has 1 unspecified atom stereocenters. The average Bonchev–Trinajstić information content (AvgIpc) is 2.76. The molecular weight excluding hydrogens is 288 g/mol. The summed E-state index contributed by atoms with van der Waals surface area (Å²) >= 11 is 5.84. The number of anilines is 2. The first-order chi connectivity index (χ1) is 10.1. The van der Waals surface area contributed by atoms with E-state index in [1.807, 2.05) is 30.3 Å². The highest BCUT2D eigenvalue weighted by atomic mass is 35.5. The molecule has 5 heteroatoms. The summed E-state index contributed by atoms with van der Waals surface area (Å²) in [6, 6.07) is 16.1. The molecule has 0 saturated heterocycles. The molecule has 1 atom stereocenters. The van der Waals surface area contributed by atoms with E-state index < -0.39 is 6.23 Å². The minimum Gasteiger partial charge on any atom is -0.369 e. The number of aliphatic hydroxyl groups is 1. The van der Waals surface area contributed by atoms with Crippen molar-refractivity contribution >= 4 is 28.9 Å². The standard InChI is InChI=1S/C16H13ClN2O2/c17-11-6-8-13(9-7-11)19-15(20)10-14(16(19)21)18-12-4-2-1-3-5-12/h1-10,15,18,20H. The molecule has 1 amide bonds. The maximum absolute atomic E-state index is 12.4. The molecule has 0 fully saturated rings. The smallest absolute Gasteiger partial charge is 0.276 e. The fraction of sp³-hybridized carbons (Fsp3) is 0.0625. The highest BCUT2D eigenvalue weighted by molar-refractivity contribution is 6.30. The van der Waals surface area contributed by atoms with Crippen molar-refractivity contribution in [1.82, 2.24) is 0 Å². The Kier molecular flexibility index (Phi) is 3.64. The Hall–Kier alpha value is -2.30. The molecule has 0 saturated carbocycles. The van der Waals surface area contributed by atoms with Crippen molar-refractivity contribution in [3.8, 4) is 0 Å². The third kappa shape index (κ3) is 2.77. The predicted octanol–water partition coefficient (Wildman–Crippen LogP) is 3.00. The maximum atomic E-state index is 12.4. The van der Waals surface area contributed by atoms with Crippen LogP contribution < -0.4 is 10.2 Å². The molecular formula is C16H13ClN2O2. The van der Waals surface area contributed by atoms with Crippen molar-refractivity contribution < 1.29 is 9.90 Å². The largest absolute Gasteiger partial charge is 0.369 e. The van der Waals surface area contributed by atoms with Crippen LogP contribution >= 0.6 is 11.6 Å². The number of halogens is 1. The van der Waals surface area contributed by atoms with E-state index in [1.54, 1.807) is 24.3 Å².